The first-order chi connectivity index (χ1) is 9.08. The molecule has 0 amide bonds. The van der Waals surface area contributed by atoms with Crippen molar-refractivity contribution in [1.29, 1.82) is 0 Å². The minimum atomic E-state index is -3.16. The second kappa shape index (κ2) is 6.00. The summed E-state index contributed by atoms with van der Waals surface area (Å²) in [6.45, 7) is 0.348. The van der Waals surface area contributed by atoms with Crippen LogP contribution in [0.15, 0.2) is 29.2 Å². The fourth-order valence-corrected chi connectivity index (χ4v) is 4.02. The average Bonchev–Trinajstić information content (AvgIpc) is 2.41. The Labute approximate surface area is 113 Å². The van der Waals surface area contributed by atoms with Gasteiger partial charge in [0.25, 0.3) is 0 Å². The van der Waals surface area contributed by atoms with Gasteiger partial charge in [-0.1, -0.05) is 18.2 Å². The molecule has 2 atom stereocenters. The van der Waals surface area contributed by atoms with Crippen LogP contribution >= 0.6 is 0 Å². The Morgan fingerprint density at radius 3 is 2.89 bits per heavy atom. The number of rotatable bonds is 5. The predicted molar refractivity (Wildman–Crippen MR) is 71.7 cm³/mol. The first-order valence-corrected chi connectivity index (χ1v) is 7.91. The second-order valence-corrected chi connectivity index (χ2v) is 6.78. The van der Waals surface area contributed by atoms with E-state index in [0.717, 1.165) is 5.56 Å². The zero-order chi connectivity index (χ0) is 13.9. The van der Waals surface area contributed by atoms with Gasteiger partial charge in [-0.2, -0.15) is 0 Å². The summed E-state index contributed by atoms with van der Waals surface area (Å²) in [5, 5.41) is 12.5. The lowest BCUT2D eigenvalue weighted by Crippen LogP contribution is -2.41. The molecule has 0 fully saturated rings. The summed E-state index contributed by atoms with van der Waals surface area (Å²) in [5.74, 6) is 0.132. The molecule has 1 heterocycles. The number of hydrogen-bond donors (Lipinski definition) is 2. The standard InChI is InChI=1S/C13H19NO4S/c1-18-9-10(8-15)14-12-6-7-19(16,17)13-5-3-2-4-11(12)13/h2-5,10,12,14-15H,6-9H2,1H3. The van der Waals surface area contributed by atoms with Crippen molar-refractivity contribution in [2.45, 2.75) is 23.4 Å². The molecule has 0 saturated heterocycles. The van der Waals surface area contributed by atoms with Gasteiger partial charge >= 0.3 is 0 Å². The molecule has 1 aromatic carbocycles. The highest BCUT2D eigenvalue weighted by molar-refractivity contribution is 7.91. The number of methoxy groups -OCH3 is 1. The van der Waals surface area contributed by atoms with Crippen molar-refractivity contribution in [3.8, 4) is 0 Å². The molecule has 1 aliphatic heterocycles. The molecule has 106 valence electrons. The van der Waals surface area contributed by atoms with Crippen LogP contribution < -0.4 is 5.32 Å². The number of nitrogens with one attached hydrogen (secondary N) is 1. The lowest BCUT2D eigenvalue weighted by molar-refractivity contribution is 0.121. The van der Waals surface area contributed by atoms with Crippen LogP contribution in [0.4, 0.5) is 0 Å². The average molecular weight is 285 g/mol. The number of benzene rings is 1. The highest BCUT2D eigenvalue weighted by atomic mass is 32.2. The SMILES string of the molecule is COCC(CO)NC1CCS(=O)(=O)c2ccccc21. The Morgan fingerprint density at radius 2 is 2.21 bits per heavy atom. The maximum atomic E-state index is 12.0. The molecule has 2 unspecified atom stereocenters. The summed E-state index contributed by atoms with van der Waals surface area (Å²) in [6, 6.07) is 6.78. The van der Waals surface area contributed by atoms with Gasteiger partial charge in [-0.3, -0.25) is 0 Å². The highest BCUT2D eigenvalue weighted by Crippen LogP contribution is 2.32. The summed E-state index contributed by atoms with van der Waals surface area (Å²) >= 11 is 0. The monoisotopic (exact) mass is 285 g/mol. The predicted octanol–water partition coefficient (Wildman–Crippen LogP) is 0.502. The van der Waals surface area contributed by atoms with Crippen LogP contribution in [0.1, 0.15) is 18.0 Å². The molecule has 0 aliphatic carbocycles. The summed E-state index contributed by atoms with van der Waals surface area (Å²) in [7, 11) is -1.59. The molecule has 1 aromatic rings. The number of sulfone groups is 1. The Bertz CT molecular complexity index is 529. The minimum Gasteiger partial charge on any atom is -0.395 e. The van der Waals surface area contributed by atoms with Crippen molar-refractivity contribution >= 4 is 9.84 Å². The van der Waals surface area contributed by atoms with Gasteiger partial charge in [0.05, 0.1) is 29.9 Å². The number of ether oxygens (including phenoxy) is 1. The molecule has 0 spiro atoms. The molecule has 0 aromatic heterocycles. The molecule has 5 nitrogen and oxygen atoms in total. The number of aliphatic hydroxyl groups excluding tert-OH is 1. The third-order valence-corrected chi connectivity index (χ3v) is 5.14. The van der Waals surface area contributed by atoms with E-state index in [0.29, 0.717) is 17.9 Å². The quantitative estimate of drug-likeness (QED) is 0.824. The zero-order valence-corrected chi connectivity index (χ0v) is 11.7. The topological polar surface area (TPSA) is 75.6 Å². The molecule has 1 aliphatic rings. The van der Waals surface area contributed by atoms with Gasteiger partial charge in [0.1, 0.15) is 0 Å². The van der Waals surface area contributed by atoms with Crippen LogP contribution in [-0.2, 0) is 14.6 Å². The lowest BCUT2D eigenvalue weighted by atomic mass is 10.0. The van der Waals surface area contributed by atoms with Crippen molar-refractivity contribution in [1.82, 2.24) is 5.32 Å². The summed E-state index contributed by atoms with van der Waals surface area (Å²) in [6.07, 6.45) is 0.513. The maximum absolute atomic E-state index is 12.0. The maximum Gasteiger partial charge on any atom is 0.178 e. The van der Waals surface area contributed by atoms with E-state index >= 15 is 0 Å². The molecule has 6 heteroatoms. The molecule has 2 N–H and O–H groups in total. The summed E-state index contributed by atoms with van der Waals surface area (Å²) < 4.78 is 29.0. The number of fused-ring (bicyclic) bond motifs is 1. The van der Waals surface area contributed by atoms with Gasteiger partial charge in [0, 0.05) is 13.2 Å². The molecular weight excluding hydrogens is 266 g/mol. The summed E-state index contributed by atoms with van der Waals surface area (Å²) in [4.78, 5) is 0.396. The van der Waals surface area contributed by atoms with Gasteiger partial charge in [-0.25, -0.2) is 8.42 Å². The smallest absolute Gasteiger partial charge is 0.178 e. The fourth-order valence-electron chi connectivity index (χ4n) is 2.40. The van der Waals surface area contributed by atoms with Crippen LogP contribution in [0.25, 0.3) is 0 Å². The fraction of sp³-hybridized carbons (Fsp3) is 0.538. The molecular formula is C13H19NO4S. The van der Waals surface area contributed by atoms with Crippen molar-refractivity contribution in [2.24, 2.45) is 0 Å². The van der Waals surface area contributed by atoms with Gasteiger partial charge in [0.2, 0.25) is 0 Å². The van der Waals surface area contributed by atoms with Gasteiger partial charge in [-0.05, 0) is 18.1 Å². The van der Waals surface area contributed by atoms with E-state index in [2.05, 4.69) is 5.32 Å². The first-order valence-electron chi connectivity index (χ1n) is 6.26. The van der Waals surface area contributed by atoms with Crippen molar-refractivity contribution in [3.63, 3.8) is 0 Å². The Hall–Kier alpha value is -0.950. The minimum absolute atomic E-state index is 0.0424. The summed E-state index contributed by atoms with van der Waals surface area (Å²) in [5.41, 5.74) is 0.781. The lowest BCUT2D eigenvalue weighted by Gasteiger charge is -2.29. The van der Waals surface area contributed by atoms with Gasteiger partial charge in [0.15, 0.2) is 9.84 Å². The largest absolute Gasteiger partial charge is 0.395 e. The molecule has 0 bridgehead atoms. The Balaban J connectivity index is 2.25. The van der Waals surface area contributed by atoms with Crippen LogP contribution in [0.2, 0.25) is 0 Å². The van der Waals surface area contributed by atoms with E-state index in [1.807, 2.05) is 12.1 Å². The third-order valence-electron chi connectivity index (χ3n) is 3.33. The van der Waals surface area contributed by atoms with Crippen LogP contribution in [-0.4, -0.2) is 45.6 Å². The van der Waals surface area contributed by atoms with Gasteiger partial charge < -0.3 is 15.2 Å². The zero-order valence-electron chi connectivity index (χ0n) is 10.9. The van der Waals surface area contributed by atoms with Crippen LogP contribution in [0, 0.1) is 0 Å². The Kier molecular flexibility index (Phi) is 4.57. The highest BCUT2D eigenvalue weighted by Gasteiger charge is 2.30. The van der Waals surface area contributed by atoms with Crippen LogP contribution in [0.3, 0.4) is 0 Å². The van der Waals surface area contributed by atoms with Crippen molar-refractivity contribution < 1.29 is 18.3 Å². The normalized spacial score (nSPS) is 22.7. The van der Waals surface area contributed by atoms with E-state index in [9.17, 15) is 13.5 Å². The van der Waals surface area contributed by atoms with Crippen molar-refractivity contribution in [3.05, 3.63) is 29.8 Å². The number of aliphatic hydroxyl groups is 1. The Morgan fingerprint density at radius 1 is 1.47 bits per heavy atom. The molecule has 0 saturated carbocycles. The first kappa shape index (κ1) is 14.5. The number of hydrogen-bond acceptors (Lipinski definition) is 5. The van der Waals surface area contributed by atoms with Gasteiger partial charge in [-0.15, -0.1) is 0 Å². The van der Waals surface area contributed by atoms with Crippen molar-refractivity contribution in [2.75, 3.05) is 26.1 Å². The second-order valence-electron chi connectivity index (χ2n) is 4.70. The third kappa shape index (κ3) is 3.14. The van der Waals surface area contributed by atoms with E-state index in [4.69, 9.17) is 4.74 Å². The molecule has 19 heavy (non-hydrogen) atoms. The molecule has 0 radical (unpaired) electrons. The van der Waals surface area contributed by atoms with E-state index in [-0.39, 0.29) is 24.4 Å². The van der Waals surface area contributed by atoms with E-state index in [1.165, 1.54) is 0 Å². The van der Waals surface area contributed by atoms with E-state index in [1.54, 1.807) is 19.2 Å². The molecule has 2 rings (SSSR count). The van der Waals surface area contributed by atoms with E-state index < -0.39 is 9.84 Å². The van der Waals surface area contributed by atoms with Crippen LogP contribution in [0.5, 0.6) is 0 Å².